The number of allylic oxidation sites excluding steroid dienone is 4. The van der Waals surface area contributed by atoms with E-state index in [1.165, 1.54) is 135 Å². The first-order chi connectivity index (χ1) is 22.6. The molecule has 5 nitrogen and oxygen atoms in total. The van der Waals surface area contributed by atoms with E-state index in [9.17, 15) is 14.7 Å². The normalized spacial score (nSPS) is 12.3. The number of carbonyl (C=O) groups excluding carboxylic acids is 2. The third kappa shape index (κ3) is 35.2. The average Bonchev–Trinajstić information content (AvgIpc) is 3.06. The van der Waals surface area contributed by atoms with Crippen molar-refractivity contribution >= 4 is 11.9 Å². The van der Waals surface area contributed by atoms with Crippen molar-refractivity contribution in [2.45, 2.75) is 213 Å². The maximum Gasteiger partial charge on any atom is 0.306 e. The minimum absolute atomic E-state index is 0.0691. The van der Waals surface area contributed by atoms with E-state index in [4.69, 9.17) is 9.47 Å². The van der Waals surface area contributed by atoms with E-state index in [2.05, 4.69) is 38.2 Å². The first-order valence-corrected chi connectivity index (χ1v) is 19.9. The number of hydrogen-bond acceptors (Lipinski definition) is 5. The Balaban J connectivity index is 3.55. The Labute approximate surface area is 285 Å². The number of esters is 2. The lowest BCUT2D eigenvalue weighted by molar-refractivity contribution is -0.161. The Kier molecular flexibility index (Phi) is 36.5. The Bertz CT molecular complexity index is 701. The van der Waals surface area contributed by atoms with Gasteiger partial charge in [-0.05, 0) is 64.2 Å². The highest BCUT2D eigenvalue weighted by Crippen LogP contribution is 2.13. The fraction of sp³-hybridized carbons (Fsp3) is 0.854. The summed E-state index contributed by atoms with van der Waals surface area (Å²) >= 11 is 0. The molecule has 0 bridgehead atoms. The molecule has 0 heterocycles. The average molecular weight is 649 g/mol. The van der Waals surface area contributed by atoms with Gasteiger partial charge in [-0.15, -0.1) is 0 Å². The number of unbranched alkanes of at least 4 members (excludes halogenated alkanes) is 24. The molecule has 0 aliphatic heterocycles. The smallest absolute Gasteiger partial charge is 0.306 e. The van der Waals surface area contributed by atoms with Crippen LogP contribution in [0.15, 0.2) is 24.3 Å². The maximum absolute atomic E-state index is 12.2. The zero-order valence-electron chi connectivity index (χ0n) is 30.6. The second kappa shape index (κ2) is 37.8. The van der Waals surface area contributed by atoms with Crippen molar-refractivity contribution in [2.24, 2.45) is 0 Å². The van der Waals surface area contributed by atoms with Crippen LogP contribution < -0.4 is 0 Å². The lowest BCUT2D eigenvalue weighted by Gasteiger charge is -2.15. The molecule has 1 N–H and O–H groups in total. The Morgan fingerprint density at radius 1 is 0.478 bits per heavy atom. The number of hydrogen-bond donors (Lipinski definition) is 1. The predicted molar refractivity (Wildman–Crippen MR) is 196 cm³/mol. The standard InChI is InChI=1S/C41H76O5/c1-3-5-7-9-11-13-15-17-19-20-22-24-26-28-30-32-34-36-41(44)46-39(37-42)38-45-40(43)35-33-31-29-27-25-23-21-18-16-14-12-10-8-6-4-2/h17-19,21,39,42H,3-16,20,22-38H2,1-2H3/b19-17-,21-18-/t39-/m0/s1. The molecule has 0 unspecified atom stereocenters. The molecule has 0 fully saturated rings. The van der Waals surface area contributed by atoms with Crippen LogP contribution in [-0.2, 0) is 19.1 Å². The maximum atomic E-state index is 12.2. The number of ether oxygens (including phenoxy) is 2. The van der Waals surface area contributed by atoms with E-state index < -0.39 is 6.10 Å². The van der Waals surface area contributed by atoms with Gasteiger partial charge >= 0.3 is 11.9 Å². The van der Waals surface area contributed by atoms with Crippen LogP contribution in [0.1, 0.15) is 206 Å². The molecule has 0 aromatic rings. The second-order valence-electron chi connectivity index (χ2n) is 13.4. The minimum atomic E-state index is -0.773. The first kappa shape index (κ1) is 44.4. The molecule has 46 heavy (non-hydrogen) atoms. The molecule has 5 heteroatoms. The number of aliphatic hydroxyl groups is 1. The quantitative estimate of drug-likeness (QED) is 0.0416. The van der Waals surface area contributed by atoms with Crippen molar-refractivity contribution in [1.82, 2.24) is 0 Å². The molecule has 0 rings (SSSR count). The van der Waals surface area contributed by atoms with E-state index >= 15 is 0 Å². The predicted octanol–water partition coefficient (Wildman–Crippen LogP) is 12.3. The van der Waals surface area contributed by atoms with Crippen LogP contribution in [0.4, 0.5) is 0 Å². The molecule has 0 saturated carbocycles. The lowest BCUT2D eigenvalue weighted by atomic mass is 10.1. The molecule has 0 radical (unpaired) electrons. The molecule has 0 spiro atoms. The van der Waals surface area contributed by atoms with Gasteiger partial charge in [-0.25, -0.2) is 0 Å². The molecule has 1 atom stereocenters. The molecule has 0 amide bonds. The second-order valence-corrected chi connectivity index (χ2v) is 13.4. The summed E-state index contributed by atoms with van der Waals surface area (Å²) in [6.07, 6.45) is 43.8. The number of carbonyl (C=O) groups is 2. The van der Waals surface area contributed by atoms with Gasteiger partial charge in [0.2, 0.25) is 0 Å². The molecule has 0 aromatic carbocycles. The SMILES string of the molecule is CCCCCCCC/C=C\CCCCCCCCCC(=O)O[C@@H](CO)COC(=O)CCCCCCC/C=C\CCCCCCCC. The van der Waals surface area contributed by atoms with Gasteiger partial charge in [-0.3, -0.25) is 9.59 Å². The zero-order chi connectivity index (χ0) is 33.6. The van der Waals surface area contributed by atoms with Gasteiger partial charge in [0.25, 0.3) is 0 Å². The van der Waals surface area contributed by atoms with E-state index in [1.807, 2.05) is 0 Å². The molecule has 0 aliphatic rings. The molecular formula is C41H76O5. The summed E-state index contributed by atoms with van der Waals surface area (Å²) in [5.74, 6) is -0.601. The number of rotatable bonds is 36. The summed E-state index contributed by atoms with van der Waals surface area (Å²) in [6.45, 7) is 4.12. The summed E-state index contributed by atoms with van der Waals surface area (Å²) in [5.41, 5.74) is 0. The summed E-state index contributed by atoms with van der Waals surface area (Å²) in [7, 11) is 0. The fourth-order valence-electron chi connectivity index (χ4n) is 5.66. The highest BCUT2D eigenvalue weighted by Gasteiger charge is 2.16. The van der Waals surface area contributed by atoms with E-state index in [-0.39, 0.29) is 25.2 Å². The first-order valence-electron chi connectivity index (χ1n) is 19.9. The van der Waals surface area contributed by atoms with Gasteiger partial charge in [0, 0.05) is 12.8 Å². The molecule has 0 aliphatic carbocycles. The highest BCUT2D eigenvalue weighted by molar-refractivity contribution is 5.70. The van der Waals surface area contributed by atoms with Gasteiger partial charge < -0.3 is 14.6 Å². The zero-order valence-corrected chi connectivity index (χ0v) is 30.6. The molecule has 0 aromatic heterocycles. The Morgan fingerprint density at radius 2 is 0.804 bits per heavy atom. The Morgan fingerprint density at radius 3 is 1.17 bits per heavy atom. The van der Waals surface area contributed by atoms with Crippen LogP contribution >= 0.6 is 0 Å². The lowest BCUT2D eigenvalue weighted by Crippen LogP contribution is -2.28. The summed E-state index contributed by atoms with van der Waals surface area (Å²) in [6, 6.07) is 0. The largest absolute Gasteiger partial charge is 0.462 e. The van der Waals surface area contributed by atoms with Crippen LogP contribution in [0.2, 0.25) is 0 Å². The van der Waals surface area contributed by atoms with E-state index in [0.29, 0.717) is 12.8 Å². The van der Waals surface area contributed by atoms with Crippen molar-refractivity contribution in [1.29, 1.82) is 0 Å². The van der Waals surface area contributed by atoms with Crippen molar-refractivity contribution in [3.05, 3.63) is 24.3 Å². The van der Waals surface area contributed by atoms with Gasteiger partial charge in [0.05, 0.1) is 6.61 Å². The fourth-order valence-corrected chi connectivity index (χ4v) is 5.66. The Hall–Kier alpha value is -1.62. The van der Waals surface area contributed by atoms with Crippen LogP contribution in [0.3, 0.4) is 0 Å². The van der Waals surface area contributed by atoms with Gasteiger partial charge in [-0.2, -0.15) is 0 Å². The van der Waals surface area contributed by atoms with Gasteiger partial charge in [0.1, 0.15) is 6.61 Å². The van der Waals surface area contributed by atoms with Crippen LogP contribution in [-0.4, -0.2) is 36.4 Å². The van der Waals surface area contributed by atoms with Crippen LogP contribution in [0, 0.1) is 0 Å². The number of aliphatic hydroxyl groups excluding tert-OH is 1. The van der Waals surface area contributed by atoms with Crippen molar-refractivity contribution < 1.29 is 24.2 Å². The van der Waals surface area contributed by atoms with Crippen LogP contribution in [0.25, 0.3) is 0 Å². The van der Waals surface area contributed by atoms with Crippen molar-refractivity contribution in [3.8, 4) is 0 Å². The molecule has 270 valence electrons. The minimum Gasteiger partial charge on any atom is -0.462 e. The molecule has 0 saturated heterocycles. The van der Waals surface area contributed by atoms with Gasteiger partial charge in [-0.1, -0.05) is 154 Å². The molecular weight excluding hydrogens is 572 g/mol. The summed E-state index contributed by atoms with van der Waals surface area (Å²) < 4.78 is 10.6. The van der Waals surface area contributed by atoms with Gasteiger partial charge in [0.15, 0.2) is 6.10 Å². The van der Waals surface area contributed by atoms with Crippen molar-refractivity contribution in [3.63, 3.8) is 0 Å². The summed E-state index contributed by atoms with van der Waals surface area (Å²) in [5, 5.41) is 9.55. The third-order valence-electron chi connectivity index (χ3n) is 8.72. The topological polar surface area (TPSA) is 72.8 Å². The van der Waals surface area contributed by atoms with Crippen molar-refractivity contribution in [2.75, 3.05) is 13.2 Å². The van der Waals surface area contributed by atoms with Crippen LogP contribution in [0.5, 0.6) is 0 Å². The van der Waals surface area contributed by atoms with E-state index in [1.54, 1.807) is 0 Å². The summed E-state index contributed by atoms with van der Waals surface area (Å²) in [4.78, 5) is 24.2. The van der Waals surface area contributed by atoms with E-state index in [0.717, 1.165) is 44.9 Å². The monoisotopic (exact) mass is 649 g/mol. The third-order valence-corrected chi connectivity index (χ3v) is 8.72. The highest BCUT2D eigenvalue weighted by atomic mass is 16.6.